The Kier molecular flexibility index (Phi) is 9.58. The largest absolute Gasteiger partial charge is 0.310 e. The van der Waals surface area contributed by atoms with Crippen LogP contribution in [-0.2, 0) is 5.41 Å². The summed E-state index contributed by atoms with van der Waals surface area (Å²) in [5.41, 5.74) is 20.6. The lowest BCUT2D eigenvalue weighted by atomic mass is 9.81. The molecule has 11 aromatic carbocycles. The van der Waals surface area contributed by atoms with Gasteiger partial charge in [-0.2, -0.15) is 0 Å². The monoisotopic (exact) mass is 841 g/mol. The molecule has 12 rings (SSSR count). The van der Waals surface area contributed by atoms with Gasteiger partial charge < -0.3 is 4.90 Å². The first kappa shape index (κ1) is 39.3. The molecule has 1 heteroatoms. The van der Waals surface area contributed by atoms with Crippen LogP contribution in [0.3, 0.4) is 0 Å². The third-order valence-corrected chi connectivity index (χ3v) is 13.9. The Balaban J connectivity index is 0.936. The van der Waals surface area contributed by atoms with Gasteiger partial charge in [-0.25, -0.2) is 0 Å². The Labute approximate surface area is 387 Å². The van der Waals surface area contributed by atoms with E-state index in [0.29, 0.717) is 0 Å². The van der Waals surface area contributed by atoms with Crippen molar-refractivity contribution < 1.29 is 0 Å². The molecule has 0 spiro atoms. The van der Waals surface area contributed by atoms with E-state index in [9.17, 15) is 0 Å². The smallest absolute Gasteiger partial charge is 0.0465 e. The lowest BCUT2D eigenvalue weighted by Crippen LogP contribution is -2.16. The van der Waals surface area contributed by atoms with Crippen LogP contribution in [0, 0.1) is 0 Å². The van der Waals surface area contributed by atoms with Gasteiger partial charge in [0.15, 0.2) is 0 Å². The van der Waals surface area contributed by atoms with Crippen LogP contribution in [0.4, 0.5) is 17.1 Å². The Bertz CT molecular complexity index is 3460. The second-order valence-corrected chi connectivity index (χ2v) is 18.1. The van der Waals surface area contributed by atoms with Crippen molar-refractivity contribution in [2.45, 2.75) is 19.3 Å². The zero-order chi connectivity index (χ0) is 44.2. The average Bonchev–Trinajstić information content (AvgIpc) is 3.61. The van der Waals surface area contributed by atoms with Crippen LogP contribution in [0.15, 0.2) is 249 Å². The number of hydrogen-bond acceptors (Lipinski definition) is 1. The summed E-state index contributed by atoms with van der Waals surface area (Å²) in [6.07, 6.45) is 0. The molecule has 0 atom stereocenters. The van der Waals surface area contributed by atoms with E-state index in [-0.39, 0.29) is 5.41 Å². The summed E-state index contributed by atoms with van der Waals surface area (Å²) in [6, 6.07) is 91.3. The summed E-state index contributed by atoms with van der Waals surface area (Å²) in [5, 5.41) is 5.14. The molecular formula is C65H47N. The van der Waals surface area contributed by atoms with Crippen LogP contribution in [-0.4, -0.2) is 0 Å². The van der Waals surface area contributed by atoms with Gasteiger partial charge in [0, 0.05) is 22.5 Å². The Morgan fingerprint density at radius 2 is 0.667 bits per heavy atom. The number of rotatable bonds is 8. The minimum absolute atomic E-state index is 0.226. The third kappa shape index (κ3) is 6.89. The summed E-state index contributed by atoms with van der Waals surface area (Å²) in [6.45, 7) is 4.79. The molecule has 1 aliphatic carbocycles. The molecule has 0 unspecified atom stereocenters. The van der Waals surface area contributed by atoms with Crippen molar-refractivity contribution in [3.63, 3.8) is 0 Å². The molecule has 0 fully saturated rings. The summed E-state index contributed by atoms with van der Waals surface area (Å²) >= 11 is 0. The van der Waals surface area contributed by atoms with E-state index < -0.39 is 0 Å². The molecule has 1 nitrogen and oxygen atoms in total. The van der Waals surface area contributed by atoms with E-state index in [1.54, 1.807) is 0 Å². The first-order valence-corrected chi connectivity index (χ1v) is 23.0. The maximum Gasteiger partial charge on any atom is 0.0465 e. The van der Waals surface area contributed by atoms with Crippen molar-refractivity contribution in [3.05, 3.63) is 260 Å². The average molecular weight is 842 g/mol. The van der Waals surface area contributed by atoms with E-state index in [1.807, 2.05) is 0 Å². The quantitative estimate of drug-likeness (QED) is 0.138. The molecule has 0 aromatic heterocycles. The molecule has 0 N–H and O–H groups in total. The molecule has 0 amide bonds. The van der Waals surface area contributed by atoms with Crippen molar-refractivity contribution >= 4 is 38.6 Å². The minimum atomic E-state index is -0.226. The van der Waals surface area contributed by atoms with E-state index >= 15 is 0 Å². The predicted molar refractivity (Wildman–Crippen MR) is 281 cm³/mol. The fourth-order valence-corrected chi connectivity index (χ4v) is 10.4. The summed E-state index contributed by atoms with van der Waals surface area (Å²) in [7, 11) is 0. The maximum absolute atomic E-state index is 2.46. The van der Waals surface area contributed by atoms with Crippen molar-refractivity contribution in [3.8, 4) is 66.8 Å². The molecule has 1 aliphatic rings. The summed E-state index contributed by atoms with van der Waals surface area (Å²) in [5.74, 6) is 0. The van der Waals surface area contributed by atoms with E-state index in [4.69, 9.17) is 0 Å². The van der Waals surface area contributed by atoms with E-state index in [1.165, 1.54) is 99.4 Å². The van der Waals surface area contributed by atoms with Crippen molar-refractivity contribution in [2.24, 2.45) is 0 Å². The number of nitrogens with zero attached hydrogens (tertiary/aromatic N) is 1. The Morgan fingerprint density at radius 1 is 0.258 bits per heavy atom. The van der Waals surface area contributed by atoms with Crippen LogP contribution >= 0.6 is 0 Å². The second kappa shape index (κ2) is 16.1. The molecule has 312 valence electrons. The van der Waals surface area contributed by atoms with Gasteiger partial charge in [-0.3, -0.25) is 0 Å². The van der Waals surface area contributed by atoms with E-state index in [0.717, 1.165) is 17.1 Å². The Morgan fingerprint density at radius 3 is 1.23 bits per heavy atom. The first-order chi connectivity index (χ1) is 32.5. The number of benzene rings is 11. The predicted octanol–water partition coefficient (Wildman–Crippen LogP) is 18.1. The summed E-state index contributed by atoms with van der Waals surface area (Å²) in [4.78, 5) is 2.42. The highest BCUT2D eigenvalue weighted by Crippen LogP contribution is 2.52. The number of fused-ring (bicyclic) bond motifs is 6. The molecule has 11 aromatic rings. The van der Waals surface area contributed by atoms with Crippen LogP contribution in [0.25, 0.3) is 88.3 Å². The fourth-order valence-electron chi connectivity index (χ4n) is 10.4. The van der Waals surface area contributed by atoms with Crippen LogP contribution in [0.5, 0.6) is 0 Å². The fraction of sp³-hybridized carbons (Fsp3) is 0.0462. The van der Waals surface area contributed by atoms with Crippen LogP contribution < -0.4 is 4.90 Å². The van der Waals surface area contributed by atoms with Gasteiger partial charge in [0.25, 0.3) is 0 Å². The maximum atomic E-state index is 2.46. The highest BCUT2D eigenvalue weighted by atomic mass is 15.1. The normalized spacial score (nSPS) is 12.5. The molecule has 66 heavy (non-hydrogen) atoms. The molecule has 0 radical (unpaired) electrons. The van der Waals surface area contributed by atoms with Gasteiger partial charge in [0.1, 0.15) is 0 Å². The Hall–Kier alpha value is -8.26. The van der Waals surface area contributed by atoms with Crippen LogP contribution in [0.2, 0.25) is 0 Å². The highest BCUT2D eigenvalue weighted by molar-refractivity contribution is 6.14. The van der Waals surface area contributed by atoms with Gasteiger partial charge in [0.05, 0.1) is 0 Å². The van der Waals surface area contributed by atoms with Crippen molar-refractivity contribution in [1.82, 2.24) is 0 Å². The molecular weight excluding hydrogens is 795 g/mol. The van der Waals surface area contributed by atoms with Crippen LogP contribution in [0.1, 0.15) is 25.0 Å². The van der Waals surface area contributed by atoms with E-state index in [2.05, 4.69) is 267 Å². The van der Waals surface area contributed by atoms with Gasteiger partial charge >= 0.3 is 0 Å². The van der Waals surface area contributed by atoms with Gasteiger partial charge in [0.2, 0.25) is 0 Å². The first-order valence-electron chi connectivity index (χ1n) is 23.0. The lowest BCUT2D eigenvalue weighted by Gasteiger charge is -2.28. The van der Waals surface area contributed by atoms with Gasteiger partial charge in [-0.1, -0.05) is 202 Å². The van der Waals surface area contributed by atoms with Gasteiger partial charge in [-0.15, -0.1) is 0 Å². The summed E-state index contributed by atoms with van der Waals surface area (Å²) < 4.78 is 0. The highest BCUT2D eigenvalue weighted by Gasteiger charge is 2.36. The molecule has 0 saturated carbocycles. The zero-order valence-corrected chi connectivity index (χ0v) is 37.1. The van der Waals surface area contributed by atoms with Crippen molar-refractivity contribution in [2.75, 3.05) is 4.90 Å². The third-order valence-electron chi connectivity index (χ3n) is 13.9. The number of anilines is 3. The number of hydrogen-bond donors (Lipinski definition) is 0. The standard InChI is InChI=1S/C65H47N/c1-65(2)63-42-53(62-41-52-19-9-10-24-57(52)58-25-11-12-26-59(58)62)31-37-60(63)61-38-36-56(43-64(61)65)66(54-32-27-46(28-33-54)50-22-13-20-48(39-50)44-15-5-3-6-16-44)55-34-29-47(30-35-55)51-23-14-21-49(40-51)45-17-7-4-8-18-45/h3-43H,1-2H3. The second-order valence-electron chi connectivity index (χ2n) is 18.1. The SMILES string of the molecule is CC1(C)c2cc(-c3cc4ccccc4c4ccccc34)ccc2-c2ccc(N(c3ccc(-c4cccc(-c5ccccc5)c4)cc3)c3ccc(-c4cccc(-c5ccccc5)c4)cc3)cc21. The molecule has 0 bridgehead atoms. The van der Waals surface area contributed by atoms with Crippen molar-refractivity contribution in [1.29, 1.82) is 0 Å². The minimum Gasteiger partial charge on any atom is -0.310 e. The zero-order valence-electron chi connectivity index (χ0n) is 37.1. The van der Waals surface area contributed by atoms with Gasteiger partial charge in [-0.05, 0) is 160 Å². The molecule has 0 saturated heterocycles. The lowest BCUT2D eigenvalue weighted by molar-refractivity contribution is 0.660. The topological polar surface area (TPSA) is 3.24 Å². The molecule has 0 aliphatic heterocycles. The molecule has 0 heterocycles.